The summed E-state index contributed by atoms with van der Waals surface area (Å²) in [4.78, 5) is 7.75. The van der Waals surface area contributed by atoms with Crippen LogP contribution < -0.4 is 10.5 Å². The standard InChI is InChI=1S/C10H6BrCl2N3O/c11-8-9(14)15-4-16-10(8)17-7-2-5(12)1-6(13)3-7/h1-4H,(H2,14,15,16). The van der Waals surface area contributed by atoms with E-state index >= 15 is 0 Å². The lowest BCUT2D eigenvalue weighted by Crippen LogP contribution is -1.96. The second-order valence-electron chi connectivity index (χ2n) is 3.09. The lowest BCUT2D eigenvalue weighted by molar-refractivity contribution is 0.458. The van der Waals surface area contributed by atoms with E-state index in [-0.39, 0.29) is 0 Å². The Morgan fingerprint density at radius 3 is 2.41 bits per heavy atom. The smallest absolute Gasteiger partial charge is 0.238 e. The van der Waals surface area contributed by atoms with E-state index in [9.17, 15) is 0 Å². The van der Waals surface area contributed by atoms with Crippen LogP contribution in [0.4, 0.5) is 5.82 Å². The highest BCUT2D eigenvalue weighted by molar-refractivity contribution is 9.10. The summed E-state index contributed by atoms with van der Waals surface area (Å²) in [5.41, 5.74) is 5.60. The van der Waals surface area contributed by atoms with E-state index in [0.717, 1.165) is 0 Å². The minimum atomic E-state index is 0.295. The van der Waals surface area contributed by atoms with E-state index in [2.05, 4.69) is 25.9 Å². The maximum atomic E-state index is 5.85. The van der Waals surface area contributed by atoms with Gasteiger partial charge in [0.2, 0.25) is 5.88 Å². The first-order valence-corrected chi connectivity index (χ1v) is 6.01. The number of aromatic nitrogens is 2. The molecule has 0 aliphatic heterocycles. The largest absolute Gasteiger partial charge is 0.438 e. The van der Waals surface area contributed by atoms with Gasteiger partial charge in [-0.3, -0.25) is 0 Å². The maximum Gasteiger partial charge on any atom is 0.238 e. The maximum absolute atomic E-state index is 5.85. The van der Waals surface area contributed by atoms with Crippen LogP contribution in [0.1, 0.15) is 0 Å². The molecule has 0 aliphatic carbocycles. The Bertz CT molecular complexity index is 545. The van der Waals surface area contributed by atoms with Gasteiger partial charge in [-0.1, -0.05) is 23.2 Å². The molecule has 0 radical (unpaired) electrons. The molecule has 1 aromatic heterocycles. The lowest BCUT2D eigenvalue weighted by Gasteiger charge is -2.07. The van der Waals surface area contributed by atoms with E-state index in [4.69, 9.17) is 33.7 Å². The Kier molecular flexibility index (Phi) is 3.71. The Hall–Kier alpha value is -1.04. The number of hydrogen-bond donors (Lipinski definition) is 1. The zero-order valence-electron chi connectivity index (χ0n) is 8.32. The number of nitrogens with two attached hydrogens (primary N) is 1. The molecule has 0 fully saturated rings. The van der Waals surface area contributed by atoms with Gasteiger partial charge < -0.3 is 10.5 Å². The van der Waals surface area contributed by atoms with Crippen molar-refractivity contribution in [1.29, 1.82) is 0 Å². The molecule has 1 aromatic carbocycles. The summed E-state index contributed by atoms with van der Waals surface area (Å²) in [6.07, 6.45) is 1.31. The van der Waals surface area contributed by atoms with Crippen molar-refractivity contribution in [1.82, 2.24) is 9.97 Å². The fourth-order valence-corrected chi connectivity index (χ4v) is 1.93. The summed E-state index contributed by atoms with van der Waals surface area (Å²) in [5.74, 6) is 1.07. The van der Waals surface area contributed by atoms with Gasteiger partial charge in [-0.2, -0.15) is 0 Å². The average molecular weight is 335 g/mol. The van der Waals surface area contributed by atoms with Crippen molar-refractivity contribution < 1.29 is 4.74 Å². The number of rotatable bonds is 2. The molecule has 0 saturated heterocycles. The van der Waals surface area contributed by atoms with Crippen LogP contribution >= 0.6 is 39.1 Å². The molecule has 88 valence electrons. The van der Waals surface area contributed by atoms with Crippen molar-refractivity contribution in [3.8, 4) is 11.6 Å². The number of hydrogen-bond acceptors (Lipinski definition) is 4. The lowest BCUT2D eigenvalue weighted by atomic mass is 10.3. The van der Waals surface area contributed by atoms with Gasteiger partial charge in [-0.15, -0.1) is 0 Å². The van der Waals surface area contributed by atoms with Crippen LogP contribution in [0.25, 0.3) is 0 Å². The molecule has 0 spiro atoms. The molecule has 0 amide bonds. The molecule has 0 saturated carbocycles. The summed E-state index contributed by atoms with van der Waals surface area (Å²) in [6, 6.07) is 4.86. The Morgan fingerprint density at radius 1 is 1.12 bits per heavy atom. The van der Waals surface area contributed by atoms with Gasteiger partial charge >= 0.3 is 0 Å². The van der Waals surface area contributed by atoms with E-state index < -0.39 is 0 Å². The minimum absolute atomic E-state index is 0.295. The molecule has 7 heteroatoms. The highest BCUT2D eigenvalue weighted by atomic mass is 79.9. The molecule has 2 rings (SSSR count). The molecule has 2 aromatic rings. The summed E-state index contributed by atoms with van der Waals surface area (Å²) >= 11 is 14.9. The number of anilines is 1. The summed E-state index contributed by atoms with van der Waals surface area (Å²) in [6.45, 7) is 0. The monoisotopic (exact) mass is 333 g/mol. The summed E-state index contributed by atoms with van der Waals surface area (Å²) in [7, 11) is 0. The van der Waals surface area contributed by atoms with Crippen LogP contribution in [-0.4, -0.2) is 9.97 Å². The molecule has 0 atom stereocenters. The van der Waals surface area contributed by atoms with Gasteiger partial charge in [0, 0.05) is 10.0 Å². The summed E-state index contributed by atoms with van der Waals surface area (Å²) < 4.78 is 5.99. The van der Waals surface area contributed by atoms with Crippen LogP contribution in [0.5, 0.6) is 11.6 Å². The molecular weight excluding hydrogens is 329 g/mol. The fourth-order valence-electron chi connectivity index (χ4n) is 1.14. The van der Waals surface area contributed by atoms with Gasteiger partial charge in [0.25, 0.3) is 0 Å². The molecule has 0 aliphatic rings. The molecule has 2 N–H and O–H groups in total. The van der Waals surface area contributed by atoms with Crippen molar-refractivity contribution in [2.75, 3.05) is 5.73 Å². The number of nitrogen functional groups attached to an aromatic ring is 1. The van der Waals surface area contributed by atoms with Gasteiger partial charge in [-0.25, -0.2) is 9.97 Å². The first kappa shape index (κ1) is 12.4. The van der Waals surface area contributed by atoms with Crippen molar-refractivity contribution in [3.05, 3.63) is 39.0 Å². The number of nitrogens with zero attached hydrogens (tertiary/aromatic N) is 2. The fraction of sp³-hybridized carbons (Fsp3) is 0. The zero-order valence-corrected chi connectivity index (χ0v) is 11.4. The Morgan fingerprint density at radius 2 is 1.76 bits per heavy atom. The number of halogens is 3. The normalized spacial score (nSPS) is 10.3. The van der Waals surface area contributed by atoms with Crippen LogP contribution in [0.3, 0.4) is 0 Å². The first-order valence-electron chi connectivity index (χ1n) is 4.46. The van der Waals surface area contributed by atoms with Crippen LogP contribution in [0, 0.1) is 0 Å². The van der Waals surface area contributed by atoms with E-state index in [0.29, 0.717) is 32.0 Å². The number of benzene rings is 1. The second-order valence-corrected chi connectivity index (χ2v) is 4.75. The van der Waals surface area contributed by atoms with E-state index in [1.54, 1.807) is 18.2 Å². The SMILES string of the molecule is Nc1ncnc(Oc2cc(Cl)cc(Cl)c2)c1Br. The van der Waals surface area contributed by atoms with E-state index in [1.165, 1.54) is 6.33 Å². The van der Waals surface area contributed by atoms with E-state index in [1.807, 2.05) is 0 Å². The molecular formula is C10H6BrCl2N3O. The van der Waals surface area contributed by atoms with Gasteiger partial charge in [0.15, 0.2) is 0 Å². The average Bonchev–Trinajstić information content (AvgIpc) is 2.23. The van der Waals surface area contributed by atoms with Crippen LogP contribution in [-0.2, 0) is 0 Å². The van der Waals surface area contributed by atoms with Crippen LogP contribution in [0.2, 0.25) is 10.0 Å². The third kappa shape index (κ3) is 3.00. The third-order valence-electron chi connectivity index (χ3n) is 1.84. The molecule has 17 heavy (non-hydrogen) atoms. The Labute approximate surface area is 116 Å². The minimum Gasteiger partial charge on any atom is -0.438 e. The highest BCUT2D eigenvalue weighted by Gasteiger charge is 2.09. The molecule has 1 heterocycles. The van der Waals surface area contributed by atoms with Crippen LogP contribution in [0.15, 0.2) is 29.0 Å². The number of ether oxygens (including phenoxy) is 1. The quantitative estimate of drug-likeness (QED) is 0.904. The predicted molar refractivity (Wildman–Crippen MR) is 70.7 cm³/mol. The first-order chi connectivity index (χ1) is 8.06. The molecule has 0 bridgehead atoms. The van der Waals surface area contributed by atoms with Crippen molar-refractivity contribution >= 4 is 44.9 Å². The Balaban J connectivity index is 2.34. The predicted octanol–water partition coefficient (Wildman–Crippen LogP) is 3.92. The zero-order chi connectivity index (χ0) is 12.4. The van der Waals surface area contributed by atoms with Crippen molar-refractivity contribution in [3.63, 3.8) is 0 Å². The van der Waals surface area contributed by atoms with Gasteiger partial charge in [0.05, 0.1) is 0 Å². The van der Waals surface area contributed by atoms with Crippen molar-refractivity contribution in [2.24, 2.45) is 0 Å². The highest BCUT2D eigenvalue weighted by Crippen LogP contribution is 2.32. The topological polar surface area (TPSA) is 61.0 Å². The van der Waals surface area contributed by atoms with Gasteiger partial charge in [0.1, 0.15) is 22.4 Å². The van der Waals surface area contributed by atoms with Crippen molar-refractivity contribution in [2.45, 2.75) is 0 Å². The molecule has 0 unspecified atom stereocenters. The van der Waals surface area contributed by atoms with Gasteiger partial charge in [-0.05, 0) is 34.1 Å². The molecule has 4 nitrogen and oxygen atoms in total. The third-order valence-corrected chi connectivity index (χ3v) is 3.02. The summed E-state index contributed by atoms with van der Waals surface area (Å²) in [5, 5.41) is 0.955. The second kappa shape index (κ2) is 5.08.